The number of likely N-dealkylation sites (N-methyl/N-ethyl adjacent to an activating group) is 1. The fraction of sp³-hybridized carbons (Fsp3) is 0.444. The summed E-state index contributed by atoms with van der Waals surface area (Å²) in [5.74, 6) is -0.410. The number of aromatic nitrogens is 2. The Morgan fingerprint density at radius 3 is 2.56 bits per heavy atom. The van der Waals surface area contributed by atoms with E-state index in [1.807, 2.05) is 13.8 Å². The summed E-state index contributed by atoms with van der Waals surface area (Å²) in [6, 6.07) is 4.82. The number of nitrogens with one attached hydrogen (secondary N) is 2. The molecule has 1 spiro atoms. The second-order valence-electron chi connectivity index (χ2n) is 10.6. The van der Waals surface area contributed by atoms with E-state index in [0.29, 0.717) is 23.0 Å². The van der Waals surface area contributed by atoms with Crippen LogP contribution in [0.15, 0.2) is 30.6 Å². The average Bonchev–Trinajstić information content (AvgIpc) is 3.08. The molecule has 0 unspecified atom stereocenters. The number of halogens is 1. The highest BCUT2D eigenvalue weighted by Gasteiger charge is 2.54. The number of carbonyl (C=O) groups is 1. The minimum atomic E-state index is -3.89. The summed E-state index contributed by atoms with van der Waals surface area (Å²) in [6.07, 6.45) is 5.52. The Balaban J connectivity index is 1.60. The molecular formula is C27H33FN6O4S. The molecule has 0 saturated heterocycles. The summed E-state index contributed by atoms with van der Waals surface area (Å²) >= 11 is 0. The van der Waals surface area contributed by atoms with Crippen molar-refractivity contribution in [3.63, 3.8) is 0 Å². The zero-order valence-corrected chi connectivity index (χ0v) is 23.5. The zero-order chi connectivity index (χ0) is 28.1. The van der Waals surface area contributed by atoms with Gasteiger partial charge in [-0.15, -0.1) is 0 Å². The highest BCUT2D eigenvalue weighted by atomic mass is 32.2. The van der Waals surface area contributed by atoms with E-state index in [1.54, 1.807) is 24.2 Å². The molecule has 2 N–H and O–H groups in total. The molecule has 1 amide bonds. The lowest BCUT2D eigenvalue weighted by Gasteiger charge is -2.37. The van der Waals surface area contributed by atoms with Gasteiger partial charge in [-0.3, -0.25) is 14.5 Å². The molecule has 1 fully saturated rings. The minimum Gasteiger partial charge on any atom is -0.475 e. The van der Waals surface area contributed by atoms with Gasteiger partial charge in [0.05, 0.1) is 22.8 Å². The molecule has 1 aliphatic heterocycles. The molecule has 2 aliphatic rings. The molecule has 12 heteroatoms. The van der Waals surface area contributed by atoms with Gasteiger partial charge in [-0.1, -0.05) is 20.3 Å². The number of rotatable bonds is 9. The van der Waals surface area contributed by atoms with Gasteiger partial charge in [-0.05, 0) is 25.0 Å². The van der Waals surface area contributed by atoms with E-state index in [4.69, 9.17) is 4.74 Å². The second kappa shape index (κ2) is 10.00. The maximum absolute atomic E-state index is 15.5. The summed E-state index contributed by atoms with van der Waals surface area (Å²) in [7, 11) is 0.654. The van der Waals surface area contributed by atoms with Gasteiger partial charge in [0.2, 0.25) is 11.8 Å². The van der Waals surface area contributed by atoms with E-state index in [9.17, 15) is 13.2 Å². The number of ether oxygens (including phenoxy) is 1. The average molecular weight is 557 g/mol. The molecule has 0 radical (unpaired) electrons. The molecule has 1 aliphatic carbocycles. The SMILES string of the molecule is CC(C)NCCOc1ncc(-c2cc3c4c(cnc3cc2F)N(C)C(=O)C42CCC2)cc1NS(=O)(=O)N(C)C. The third-order valence-corrected chi connectivity index (χ3v) is 8.91. The molecule has 0 bridgehead atoms. The third-order valence-electron chi connectivity index (χ3n) is 7.47. The van der Waals surface area contributed by atoms with E-state index in [2.05, 4.69) is 20.0 Å². The first-order valence-electron chi connectivity index (χ1n) is 12.9. The number of hydrogen-bond acceptors (Lipinski definition) is 7. The van der Waals surface area contributed by atoms with Crippen LogP contribution in [0.5, 0.6) is 5.88 Å². The highest BCUT2D eigenvalue weighted by molar-refractivity contribution is 7.90. The van der Waals surface area contributed by atoms with Gasteiger partial charge < -0.3 is 15.0 Å². The molecule has 39 heavy (non-hydrogen) atoms. The van der Waals surface area contributed by atoms with Gasteiger partial charge >= 0.3 is 10.2 Å². The fourth-order valence-electron chi connectivity index (χ4n) is 5.23. The number of benzene rings is 1. The molecule has 5 rings (SSSR count). The zero-order valence-electron chi connectivity index (χ0n) is 22.7. The van der Waals surface area contributed by atoms with Gasteiger partial charge in [-0.25, -0.2) is 9.37 Å². The van der Waals surface area contributed by atoms with E-state index < -0.39 is 21.4 Å². The van der Waals surface area contributed by atoms with Crippen LogP contribution in [0.2, 0.25) is 0 Å². The first kappa shape index (κ1) is 27.2. The van der Waals surface area contributed by atoms with Crippen LogP contribution in [-0.4, -0.2) is 68.9 Å². The van der Waals surface area contributed by atoms with Crippen molar-refractivity contribution in [3.8, 4) is 17.0 Å². The molecular weight excluding hydrogens is 523 g/mol. The van der Waals surface area contributed by atoms with Crippen molar-refractivity contribution in [1.82, 2.24) is 19.6 Å². The Bertz CT molecular complexity index is 1560. The number of carbonyl (C=O) groups excluding carboxylic acids is 1. The number of amides is 1. The van der Waals surface area contributed by atoms with Crippen LogP contribution in [-0.2, 0) is 20.4 Å². The quantitative estimate of drug-likeness (QED) is 0.388. The fourth-order valence-corrected chi connectivity index (χ4v) is 5.83. The Morgan fingerprint density at radius 2 is 1.92 bits per heavy atom. The van der Waals surface area contributed by atoms with Crippen LogP contribution in [0.1, 0.15) is 38.7 Å². The van der Waals surface area contributed by atoms with Gasteiger partial charge in [-0.2, -0.15) is 12.7 Å². The molecule has 208 valence electrons. The Morgan fingerprint density at radius 1 is 1.18 bits per heavy atom. The smallest absolute Gasteiger partial charge is 0.301 e. The van der Waals surface area contributed by atoms with Crippen molar-refractivity contribution in [1.29, 1.82) is 0 Å². The third kappa shape index (κ3) is 4.70. The summed E-state index contributed by atoms with van der Waals surface area (Å²) in [4.78, 5) is 23.6. The first-order chi connectivity index (χ1) is 18.4. The number of hydrogen-bond donors (Lipinski definition) is 2. The Hall–Kier alpha value is -3.35. The lowest BCUT2D eigenvalue weighted by atomic mass is 9.64. The van der Waals surface area contributed by atoms with Crippen molar-refractivity contribution in [2.45, 2.75) is 44.6 Å². The van der Waals surface area contributed by atoms with Crippen molar-refractivity contribution in [3.05, 3.63) is 42.0 Å². The van der Waals surface area contributed by atoms with E-state index in [-0.39, 0.29) is 35.7 Å². The van der Waals surface area contributed by atoms with Gasteiger partial charge in [0.1, 0.15) is 18.1 Å². The monoisotopic (exact) mass is 556 g/mol. The van der Waals surface area contributed by atoms with Crippen molar-refractivity contribution < 1.29 is 22.3 Å². The normalized spacial score (nSPS) is 16.3. The van der Waals surface area contributed by atoms with Crippen LogP contribution in [0.25, 0.3) is 22.0 Å². The molecule has 1 saturated carbocycles. The van der Waals surface area contributed by atoms with Crippen LogP contribution < -0.4 is 19.7 Å². The number of anilines is 2. The molecule has 3 aromatic rings. The highest BCUT2D eigenvalue weighted by Crippen LogP contribution is 2.55. The Labute approximate surface area is 227 Å². The van der Waals surface area contributed by atoms with Crippen LogP contribution in [0, 0.1) is 5.82 Å². The maximum atomic E-state index is 15.5. The number of nitrogens with zero attached hydrogens (tertiary/aromatic N) is 4. The van der Waals surface area contributed by atoms with Crippen molar-refractivity contribution >= 4 is 38.4 Å². The molecule has 0 atom stereocenters. The van der Waals surface area contributed by atoms with Gasteiger partial charge in [0.15, 0.2) is 0 Å². The number of fused-ring (bicyclic) bond motifs is 4. The van der Waals surface area contributed by atoms with Crippen LogP contribution in [0.4, 0.5) is 15.8 Å². The predicted molar refractivity (Wildman–Crippen MR) is 149 cm³/mol. The second-order valence-corrected chi connectivity index (χ2v) is 12.5. The number of pyridine rings is 2. The lowest BCUT2D eigenvalue weighted by Crippen LogP contribution is -2.43. The van der Waals surface area contributed by atoms with Crippen LogP contribution >= 0.6 is 0 Å². The summed E-state index contributed by atoms with van der Waals surface area (Å²) in [6.45, 7) is 4.81. The topological polar surface area (TPSA) is 117 Å². The standard InChI is InChI=1S/C27H33FN6O4S/c1-16(2)29-9-10-38-25-22(32-39(36,37)33(3)4)11-17(14-31-25)18-12-19-21(13-20(18)28)30-15-23-24(19)27(7-6-8-27)26(35)34(23)5/h11-16,29,32H,6-10H2,1-5H3. The van der Waals surface area contributed by atoms with Crippen LogP contribution in [0.3, 0.4) is 0 Å². The largest absolute Gasteiger partial charge is 0.475 e. The van der Waals surface area contributed by atoms with E-state index in [0.717, 1.165) is 34.8 Å². The van der Waals surface area contributed by atoms with Crippen molar-refractivity contribution in [2.75, 3.05) is 43.9 Å². The maximum Gasteiger partial charge on any atom is 0.301 e. The van der Waals surface area contributed by atoms with E-state index in [1.165, 1.54) is 32.4 Å². The molecule has 2 aromatic heterocycles. The molecule has 3 heterocycles. The molecule has 10 nitrogen and oxygen atoms in total. The Kier molecular flexibility index (Phi) is 6.98. The lowest BCUT2D eigenvalue weighted by molar-refractivity contribution is -0.125. The predicted octanol–water partition coefficient (Wildman–Crippen LogP) is 3.43. The first-order valence-corrected chi connectivity index (χ1v) is 14.4. The van der Waals surface area contributed by atoms with E-state index >= 15 is 4.39 Å². The van der Waals surface area contributed by atoms with Gasteiger partial charge in [0, 0.05) is 68.1 Å². The summed E-state index contributed by atoms with van der Waals surface area (Å²) in [5.41, 5.74) is 2.15. The molecule has 1 aromatic carbocycles. The summed E-state index contributed by atoms with van der Waals surface area (Å²) < 4.78 is 50.1. The summed E-state index contributed by atoms with van der Waals surface area (Å²) in [5, 5.41) is 3.93. The van der Waals surface area contributed by atoms with Gasteiger partial charge in [0.25, 0.3) is 0 Å². The minimum absolute atomic E-state index is 0.0411. The van der Waals surface area contributed by atoms with Crippen molar-refractivity contribution in [2.24, 2.45) is 0 Å².